The second-order valence-electron chi connectivity index (χ2n) is 9.48. The maximum Gasteiger partial charge on any atom is 0.274 e. The first kappa shape index (κ1) is 25.6. The summed E-state index contributed by atoms with van der Waals surface area (Å²) >= 11 is 0. The molecule has 0 N–H and O–H groups in total. The van der Waals surface area contributed by atoms with Crippen LogP contribution in [0.2, 0.25) is 0 Å². The van der Waals surface area contributed by atoms with Gasteiger partial charge in [-0.05, 0) is 104 Å². The molecule has 0 unspecified atom stereocenters. The lowest BCUT2D eigenvalue weighted by Gasteiger charge is -2.30. The molecule has 0 bridgehead atoms. The normalized spacial score (nSPS) is 19.6. The predicted octanol–water partition coefficient (Wildman–Crippen LogP) is 6.93. The van der Waals surface area contributed by atoms with Gasteiger partial charge in [-0.3, -0.25) is 4.79 Å². The molecule has 3 aromatic rings. The Morgan fingerprint density at radius 1 is 0.895 bits per heavy atom. The number of hydrogen-bond acceptors (Lipinski definition) is 5. The number of methoxy groups -OCH3 is 1. The van der Waals surface area contributed by atoms with E-state index in [1.807, 2.05) is 50.2 Å². The third-order valence-corrected chi connectivity index (χ3v) is 7.11. The molecule has 0 radical (unpaired) electrons. The molecule has 1 aliphatic carbocycles. The van der Waals surface area contributed by atoms with Crippen molar-refractivity contribution in [3.8, 4) is 17.2 Å². The summed E-state index contributed by atoms with van der Waals surface area (Å²) in [6.45, 7) is 5.21. The topological polar surface area (TPSA) is 60.4 Å². The van der Waals surface area contributed by atoms with Gasteiger partial charge in [0.1, 0.15) is 17.2 Å². The molecule has 1 heterocycles. The average Bonchev–Trinajstić information content (AvgIpc) is 3.35. The molecule has 1 fully saturated rings. The van der Waals surface area contributed by atoms with Crippen LogP contribution in [0.1, 0.15) is 60.6 Å². The van der Waals surface area contributed by atoms with E-state index >= 15 is 0 Å². The first-order chi connectivity index (χ1) is 18.6. The molecule has 1 saturated carbocycles. The van der Waals surface area contributed by atoms with E-state index in [4.69, 9.17) is 19.3 Å². The minimum Gasteiger partial charge on any atom is -0.497 e. The SMILES string of the molecule is CCOc1ccc(/C=C2/CCC[C@H]3C2=NN(C(=O)c2ccc(OC)cc2)[C@@H]3c2ccc(OCC)cc2)cc1. The Morgan fingerprint density at radius 2 is 1.50 bits per heavy atom. The Morgan fingerprint density at radius 3 is 2.11 bits per heavy atom. The summed E-state index contributed by atoms with van der Waals surface area (Å²) in [5.74, 6) is 2.41. The summed E-state index contributed by atoms with van der Waals surface area (Å²) in [7, 11) is 1.62. The molecule has 1 aliphatic heterocycles. The first-order valence-electron chi connectivity index (χ1n) is 13.3. The highest BCUT2D eigenvalue weighted by molar-refractivity contribution is 6.09. The molecular weight excluding hydrogens is 476 g/mol. The average molecular weight is 511 g/mol. The summed E-state index contributed by atoms with van der Waals surface area (Å²) in [5.41, 5.74) is 4.93. The van der Waals surface area contributed by atoms with Gasteiger partial charge in [0.25, 0.3) is 5.91 Å². The number of nitrogens with zero attached hydrogens (tertiary/aromatic N) is 2. The number of hydrazone groups is 1. The van der Waals surface area contributed by atoms with Gasteiger partial charge in [0.15, 0.2) is 0 Å². The van der Waals surface area contributed by atoms with E-state index in [0.717, 1.165) is 47.6 Å². The van der Waals surface area contributed by atoms with Crippen LogP contribution in [0.25, 0.3) is 6.08 Å². The van der Waals surface area contributed by atoms with Gasteiger partial charge in [-0.2, -0.15) is 5.10 Å². The zero-order valence-electron chi connectivity index (χ0n) is 22.2. The van der Waals surface area contributed by atoms with Crippen molar-refractivity contribution in [1.29, 1.82) is 0 Å². The van der Waals surface area contributed by atoms with Gasteiger partial charge in [-0.15, -0.1) is 0 Å². The van der Waals surface area contributed by atoms with Crippen LogP contribution in [-0.4, -0.2) is 37.0 Å². The largest absolute Gasteiger partial charge is 0.497 e. The molecule has 5 rings (SSSR count). The number of fused-ring (bicyclic) bond motifs is 1. The van der Waals surface area contributed by atoms with Crippen LogP contribution in [0.5, 0.6) is 17.2 Å². The van der Waals surface area contributed by atoms with Crippen LogP contribution in [-0.2, 0) is 0 Å². The number of benzene rings is 3. The van der Waals surface area contributed by atoms with Crippen molar-refractivity contribution in [2.75, 3.05) is 20.3 Å². The Labute approximate surface area is 224 Å². The van der Waals surface area contributed by atoms with E-state index in [1.165, 1.54) is 5.57 Å². The van der Waals surface area contributed by atoms with Crippen LogP contribution in [0, 0.1) is 5.92 Å². The summed E-state index contributed by atoms with van der Waals surface area (Å²) in [4.78, 5) is 13.8. The van der Waals surface area contributed by atoms with Crippen molar-refractivity contribution in [2.24, 2.45) is 11.0 Å². The fraction of sp³-hybridized carbons (Fsp3) is 0.312. The van der Waals surface area contributed by atoms with Gasteiger partial charge in [0, 0.05) is 11.5 Å². The van der Waals surface area contributed by atoms with E-state index in [9.17, 15) is 4.79 Å². The van der Waals surface area contributed by atoms with Crippen molar-refractivity contribution in [1.82, 2.24) is 5.01 Å². The minimum absolute atomic E-state index is 0.117. The van der Waals surface area contributed by atoms with Crippen molar-refractivity contribution in [2.45, 2.75) is 39.2 Å². The quantitative estimate of drug-likeness (QED) is 0.330. The number of amides is 1. The van der Waals surface area contributed by atoms with Gasteiger partial charge in [-0.1, -0.05) is 24.3 Å². The lowest BCUT2D eigenvalue weighted by atomic mass is 9.77. The highest BCUT2D eigenvalue weighted by Gasteiger charge is 2.44. The molecule has 0 aromatic heterocycles. The van der Waals surface area contributed by atoms with Crippen molar-refractivity contribution in [3.05, 3.63) is 95.1 Å². The van der Waals surface area contributed by atoms with E-state index in [0.29, 0.717) is 24.5 Å². The van der Waals surface area contributed by atoms with Crippen LogP contribution in [0.15, 0.2) is 83.5 Å². The van der Waals surface area contributed by atoms with Gasteiger partial charge in [0.05, 0.1) is 32.1 Å². The molecule has 38 heavy (non-hydrogen) atoms. The van der Waals surface area contributed by atoms with Crippen molar-refractivity contribution >= 4 is 17.7 Å². The molecule has 6 nitrogen and oxygen atoms in total. The minimum atomic E-state index is -0.181. The standard InChI is InChI=1S/C32H34N2O4/c1-4-37-27-15-9-22(10-16-27)21-25-7-6-8-29-30(25)33-34(32(35)24-13-17-26(36-3)18-14-24)31(29)23-11-19-28(20-12-23)38-5-2/h9-21,29,31H,4-8H2,1-3H3/b25-21-/t29-,31+/m0/s1. The number of ether oxygens (including phenoxy) is 3. The second kappa shape index (κ2) is 11.5. The number of carbonyl (C=O) groups excluding carboxylic acids is 1. The Hall–Kier alpha value is -4.06. The monoisotopic (exact) mass is 510 g/mol. The van der Waals surface area contributed by atoms with Crippen molar-refractivity contribution in [3.63, 3.8) is 0 Å². The van der Waals surface area contributed by atoms with Gasteiger partial charge in [-0.25, -0.2) is 5.01 Å². The van der Waals surface area contributed by atoms with E-state index in [-0.39, 0.29) is 17.9 Å². The summed E-state index contributed by atoms with van der Waals surface area (Å²) in [6, 6.07) is 23.3. The lowest BCUT2D eigenvalue weighted by Crippen LogP contribution is -2.31. The zero-order chi connectivity index (χ0) is 26.5. The smallest absolute Gasteiger partial charge is 0.274 e. The number of hydrogen-bond donors (Lipinski definition) is 0. The van der Waals surface area contributed by atoms with Crippen molar-refractivity contribution < 1.29 is 19.0 Å². The number of rotatable bonds is 8. The molecule has 3 aromatic carbocycles. The van der Waals surface area contributed by atoms with Gasteiger partial charge < -0.3 is 14.2 Å². The van der Waals surface area contributed by atoms with Crippen LogP contribution in [0.3, 0.4) is 0 Å². The molecule has 6 heteroatoms. The molecule has 0 saturated heterocycles. The van der Waals surface area contributed by atoms with Gasteiger partial charge in [0.2, 0.25) is 0 Å². The Balaban J connectivity index is 1.51. The van der Waals surface area contributed by atoms with Gasteiger partial charge >= 0.3 is 0 Å². The third kappa shape index (κ3) is 5.30. The van der Waals surface area contributed by atoms with E-state index < -0.39 is 0 Å². The molecule has 0 spiro atoms. The molecular formula is C32H34N2O4. The van der Waals surface area contributed by atoms with E-state index in [2.05, 4.69) is 30.3 Å². The summed E-state index contributed by atoms with van der Waals surface area (Å²) in [5, 5.41) is 6.70. The second-order valence-corrected chi connectivity index (χ2v) is 9.48. The van der Waals surface area contributed by atoms with E-state index in [1.54, 1.807) is 24.3 Å². The molecule has 196 valence electrons. The highest BCUT2D eigenvalue weighted by Crippen LogP contribution is 2.45. The lowest BCUT2D eigenvalue weighted by molar-refractivity contribution is 0.0681. The maximum atomic E-state index is 13.8. The zero-order valence-corrected chi connectivity index (χ0v) is 22.2. The first-order valence-corrected chi connectivity index (χ1v) is 13.3. The third-order valence-electron chi connectivity index (χ3n) is 7.11. The van der Waals surface area contributed by atoms with Crippen LogP contribution in [0.4, 0.5) is 0 Å². The fourth-order valence-electron chi connectivity index (χ4n) is 5.32. The highest BCUT2D eigenvalue weighted by atomic mass is 16.5. The van der Waals surface area contributed by atoms with Crippen LogP contribution < -0.4 is 14.2 Å². The molecule has 2 atom stereocenters. The summed E-state index contributed by atoms with van der Waals surface area (Å²) in [6.07, 6.45) is 5.16. The van der Waals surface area contributed by atoms with Crippen LogP contribution >= 0.6 is 0 Å². The molecule has 1 amide bonds. The number of allylic oxidation sites excluding steroid dienone is 1. The predicted molar refractivity (Wildman–Crippen MR) is 150 cm³/mol. The number of carbonyl (C=O) groups is 1. The fourth-order valence-corrected chi connectivity index (χ4v) is 5.32. The summed E-state index contributed by atoms with van der Waals surface area (Å²) < 4.78 is 16.5. The maximum absolute atomic E-state index is 13.8. The molecule has 2 aliphatic rings. The Kier molecular flexibility index (Phi) is 7.78. The Bertz CT molecular complexity index is 1310.